The first kappa shape index (κ1) is 19.7. The normalized spacial score (nSPS) is 23.9. The van der Waals surface area contributed by atoms with Crippen LogP contribution in [0.15, 0.2) is 30.5 Å². The SMILES string of the molecule is CC1CCCC(C)N1c1nc(Nc2ccc(C3CCNC3=O)cc2)c2c(O)[nH]cc2n1. The number of amides is 1. The molecule has 2 aromatic heterocycles. The average molecular weight is 421 g/mol. The van der Waals surface area contributed by atoms with E-state index in [0.717, 1.165) is 37.1 Å². The van der Waals surface area contributed by atoms with Crippen LogP contribution in [-0.4, -0.2) is 44.6 Å². The molecular weight excluding hydrogens is 392 g/mol. The summed E-state index contributed by atoms with van der Waals surface area (Å²) in [5.41, 5.74) is 2.53. The molecule has 0 spiro atoms. The number of carbonyl (C=O) groups is 1. The van der Waals surface area contributed by atoms with E-state index >= 15 is 0 Å². The number of benzene rings is 1. The third kappa shape index (κ3) is 3.56. The monoisotopic (exact) mass is 420 g/mol. The quantitative estimate of drug-likeness (QED) is 0.512. The van der Waals surface area contributed by atoms with Crippen LogP contribution in [0.3, 0.4) is 0 Å². The molecule has 2 aliphatic heterocycles. The lowest BCUT2D eigenvalue weighted by atomic mass is 9.97. The molecular formula is C23H28N6O2. The topological polar surface area (TPSA) is 106 Å². The largest absolute Gasteiger partial charge is 0.494 e. The maximum absolute atomic E-state index is 12.0. The second-order valence-corrected chi connectivity index (χ2v) is 8.69. The van der Waals surface area contributed by atoms with E-state index in [1.54, 1.807) is 6.20 Å². The summed E-state index contributed by atoms with van der Waals surface area (Å²) in [4.78, 5) is 26.7. The highest BCUT2D eigenvalue weighted by Crippen LogP contribution is 2.35. The Morgan fingerprint density at radius 1 is 1.10 bits per heavy atom. The molecule has 0 saturated carbocycles. The Bertz CT molecular complexity index is 1100. The van der Waals surface area contributed by atoms with Crippen molar-refractivity contribution in [3.63, 3.8) is 0 Å². The van der Waals surface area contributed by atoms with Gasteiger partial charge in [-0.25, -0.2) is 4.98 Å². The van der Waals surface area contributed by atoms with Crippen molar-refractivity contribution in [3.05, 3.63) is 36.0 Å². The molecule has 1 amide bonds. The van der Waals surface area contributed by atoms with Gasteiger partial charge < -0.3 is 25.6 Å². The number of carbonyl (C=O) groups excluding carboxylic acids is 1. The number of hydrogen-bond donors (Lipinski definition) is 4. The van der Waals surface area contributed by atoms with Gasteiger partial charge in [0.25, 0.3) is 0 Å². The summed E-state index contributed by atoms with van der Waals surface area (Å²) >= 11 is 0. The molecule has 5 rings (SSSR count). The first-order chi connectivity index (χ1) is 15.0. The van der Waals surface area contributed by atoms with Crippen molar-refractivity contribution >= 4 is 34.3 Å². The summed E-state index contributed by atoms with van der Waals surface area (Å²) in [6, 6.07) is 8.57. The zero-order valence-electron chi connectivity index (χ0n) is 17.9. The van der Waals surface area contributed by atoms with Gasteiger partial charge in [-0.2, -0.15) is 4.98 Å². The number of anilines is 3. The van der Waals surface area contributed by atoms with Crippen molar-refractivity contribution in [1.82, 2.24) is 20.3 Å². The van der Waals surface area contributed by atoms with Crippen molar-refractivity contribution < 1.29 is 9.90 Å². The van der Waals surface area contributed by atoms with E-state index in [9.17, 15) is 9.90 Å². The molecule has 8 heteroatoms. The van der Waals surface area contributed by atoms with Crippen LogP contribution in [0.4, 0.5) is 17.5 Å². The van der Waals surface area contributed by atoms with Crippen LogP contribution in [-0.2, 0) is 4.79 Å². The Morgan fingerprint density at radius 2 is 1.84 bits per heavy atom. The summed E-state index contributed by atoms with van der Waals surface area (Å²) in [7, 11) is 0. The van der Waals surface area contributed by atoms with Crippen LogP contribution >= 0.6 is 0 Å². The van der Waals surface area contributed by atoms with E-state index in [4.69, 9.17) is 9.97 Å². The van der Waals surface area contributed by atoms with Crippen molar-refractivity contribution in [3.8, 4) is 5.88 Å². The molecule has 4 N–H and O–H groups in total. The Kier molecular flexibility index (Phi) is 4.92. The average Bonchev–Trinajstić information content (AvgIpc) is 3.34. The minimum atomic E-state index is -0.0813. The summed E-state index contributed by atoms with van der Waals surface area (Å²) in [5, 5.41) is 17.2. The standard InChI is InChI=1S/C23H28N6O2/c1-13-4-3-5-14(2)29(13)23-27-18-12-25-22(31)19(18)20(28-23)26-16-8-6-15(7-9-16)17-10-11-24-21(17)30/h6-9,12-14,17,25,31H,3-5,10-11H2,1-2H3,(H,24,30)(H,26,27,28). The molecule has 4 heterocycles. The fourth-order valence-electron chi connectivity index (χ4n) is 4.88. The number of hydrogen-bond acceptors (Lipinski definition) is 6. The van der Waals surface area contributed by atoms with Gasteiger partial charge >= 0.3 is 0 Å². The predicted octanol–water partition coefficient (Wildman–Crippen LogP) is 3.78. The summed E-state index contributed by atoms with van der Waals surface area (Å²) in [6.07, 6.45) is 5.97. The number of rotatable bonds is 4. The first-order valence-electron chi connectivity index (χ1n) is 11.0. The molecule has 8 nitrogen and oxygen atoms in total. The molecule has 1 aromatic carbocycles. The molecule has 0 radical (unpaired) electrons. The van der Waals surface area contributed by atoms with E-state index in [-0.39, 0.29) is 17.7 Å². The minimum Gasteiger partial charge on any atom is -0.494 e. The van der Waals surface area contributed by atoms with E-state index in [1.165, 1.54) is 6.42 Å². The van der Waals surface area contributed by atoms with Crippen molar-refractivity contribution in [2.45, 2.75) is 57.5 Å². The lowest BCUT2D eigenvalue weighted by molar-refractivity contribution is -0.120. The molecule has 162 valence electrons. The fraction of sp³-hybridized carbons (Fsp3) is 0.435. The van der Waals surface area contributed by atoms with E-state index in [2.05, 4.69) is 34.4 Å². The number of nitrogens with one attached hydrogen (secondary N) is 3. The molecule has 0 bridgehead atoms. The zero-order valence-corrected chi connectivity index (χ0v) is 17.9. The Hall–Kier alpha value is -3.29. The van der Waals surface area contributed by atoms with Crippen LogP contribution in [0.1, 0.15) is 51.0 Å². The molecule has 2 saturated heterocycles. The van der Waals surface area contributed by atoms with Gasteiger partial charge in [0.2, 0.25) is 17.7 Å². The summed E-state index contributed by atoms with van der Waals surface area (Å²) in [5.74, 6) is 1.29. The Balaban J connectivity index is 1.48. The smallest absolute Gasteiger partial charge is 0.228 e. The molecule has 2 fully saturated rings. The maximum Gasteiger partial charge on any atom is 0.228 e. The number of fused-ring (bicyclic) bond motifs is 1. The van der Waals surface area contributed by atoms with Crippen molar-refractivity contribution in [1.29, 1.82) is 0 Å². The lowest BCUT2D eigenvalue weighted by Crippen LogP contribution is -2.44. The van der Waals surface area contributed by atoms with Gasteiger partial charge in [0.15, 0.2) is 0 Å². The van der Waals surface area contributed by atoms with E-state index < -0.39 is 0 Å². The number of nitrogens with zero attached hydrogens (tertiary/aromatic N) is 3. The van der Waals surface area contributed by atoms with Crippen molar-refractivity contribution in [2.24, 2.45) is 0 Å². The second-order valence-electron chi connectivity index (χ2n) is 8.69. The molecule has 3 aromatic rings. The molecule has 0 aliphatic carbocycles. The van der Waals surface area contributed by atoms with Crippen LogP contribution in [0, 0.1) is 0 Å². The number of piperidine rings is 1. The first-order valence-corrected chi connectivity index (χ1v) is 11.0. The van der Waals surface area contributed by atoms with Gasteiger partial charge in [-0.15, -0.1) is 0 Å². The van der Waals surface area contributed by atoms with Crippen LogP contribution in [0.2, 0.25) is 0 Å². The van der Waals surface area contributed by atoms with Crippen LogP contribution < -0.4 is 15.5 Å². The maximum atomic E-state index is 12.0. The minimum absolute atomic E-state index is 0.0445. The van der Waals surface area contributed by atoms with Gasteiger partial charge in [0.1, 0.15) is 11.2 Å². The van der Waals surface area contributed by atoms with E-state index in [1.807, 2.05) is 24.3 Å². The van der Waals surface area contributed by atoms with Gasteiger partial charge in [-0.05, 0) is 57.2 Å². The van der Waals surface area contributed by atoms with Gasteiger partial charge in [0.05, 0.1) is 11.4 Å². The van der Waals surface area contributed by atoms with Crippen LogP contribution in [0.25, 0.3) is 10.9 Å². The number of aromatic nitrogens is 3. The summed E-state index contributed by atoms with van der Waals surface area (Å²) in [6.45, 7) is 5.15. The zero-order chi connectivity index (χ0) is 21.5. The lowest BCUT2D eigenvalue weighted by Gasteiger charge is -2.39. The second kappa shape index (κ2) is 7.76. The highest BCUT2D eigenvalue weighted by molar-refractivity contribution is 5.96. The highest BCUT2D eigenvalue weighted by atomic mass is 16.3. The fourth-order valence-corrected chi connectivity index (χ4v) is 4.88. The summed E-state index contributed by atoms with van der Waals surface area (Å²) < 4.78 is 0. The number of aromatic amines is 1. The van der Waals surface area contributed by atoms with Crippen LogP contribution in [0.5, 0.6) is 5.88 Å². The molecule has 3 atom stereocenters. The Labute approximate surface area is 181 Å². The predicted molar refractivity (Wildman–Crippen MR) is 121 cm³/mol. The van der Waals surface area contributed by atoms with Gasteiger partial charge in [-0.3, -0.25) is 4.79 Å². The van der Waals surface area contributed by atoms with E-state index in [0.29, 0.717) is 34.8 Å². The van der Waals surface area contributed by atoms with Gasteiger partial charge in [-0.1, -0.05) is 12.1 Å². The number of H-pyrrole nitrogens is 1. The Morgan fingerprint density at radius 3 is 2.52 bits per heavy atom. The third-order valence-corrected chi connectivity index (χ3v) is 6.56. The van der Waals surface area contributed by atoms with Gasteiger partial charge in [0, 0.05) is 30.5 Å². The van der Waals surface area contributed by atoms with Crippen molar-refractivity contribution in [2.75, 3.05) is 16.8 Å². The highest BCUT2D eigenvalue weighted by Gasteiger charge is 2.29. The third-order valence-electron chi connectivity index (χ3n) is 6.56. The molecule has 2 aliphatic rings. The molecule has 3 unspecified atom stereocenters. The number of aromatic hydroxyl groups is 1. The molecule has 31 heavy (non-hydrogen) atoms.